The second kappa shape index (κ2) is 4.45. The molecule has 0 fully saturated rings. The van der Waals surface area contributed by atoms with Gasteiger partial charge in [-0.15, -0.1) is 0 Å². The van der Waals surface area contributed by atoms with Crippen molar-refractivity contribution in [3.8, 4) is 0 Å². The second-order valence-electron chi connectivity index (χ2n) is 4.09. The SMILES string of the molecule is C[Si](C)(CI)c1ccc(C(F)(F)F)cc1. The fourth-order valence-electron chi connectivity index (χ4n) is 1.19. The first-order chi connectivity index (χ1) is 6.77. The van der Waals surface area contributed by atoms with Gasteiger partial charge in [0.1, 0.15) is 0 Å². The standard InChI is InChI=1S/C10H12F3ISi/c1-15(2,7-14)9-5-3-8(4-6-9)10(11,12)13/h3-6H,7H2,1-2H3. The van der Waals surface area contributed by atoms with Gasteiger partial charge in [-0.25, -0.2) is 0 Å². The van der Waals surface area contributed by atoms with Crippen LogP contribution in [0.4, 0.5) is 13.2 Å². The zero-order chi connectivity index (χ0) is 11.7. The molecule has 0 aromatic heterocycles. The Balaban J connectivity index is 3.01. The van der Waals surface area contributed by atoms with Crippen LogP contribution in [0, 0.1) is 0 Å². The highest BCUT2D eigenvalue weighted by Gasteiger charge is 2.31. The smallest absolute Gasteiger partial charge is 0.166 e. The Bertz CT molecular complexity index is 330. The van der Waals surface area contributed by atoms with Gasteiger partial charge >= 0.3 is 6.18 Å². The van der Waals surface area contributed by atoms with E-state index in [4.69, 9.17) is 0 Å². The predicted molar refractivity (Wildman–Crippen MR) is 67.4 cm³/mol. The first-order valence-electron chi connectivity index (χ1n) is 4.51. The van der Waals surface area contributed by atoms with Crippen LogP contribution < -0.4 is 5.19 Å². The molecule has 0 spiro atoms. The number of hydrogen-bond donors (Lipinski definition) is 0. The number of alkyl halides is 4. The van der Waals surface area contributed by atoms with Gasteiger partial charge in [0.05, 0.1) is 13.6 Å². The molecule has 0 unspecified atom stereocenters. The van der Waals surface area contributed by atoms with Crippen LogP contribution >= 0.6 is 22.6 Å². The van der Waals surface area contributed by atoms with Crippen molar-refractivity contribution in [3.05, 3.63) is 29.8 Å². The third kappa shape index (κ3) is 3.20. The topological polar surface area (TPSA) is 0 Å². The molecule has 0 N–H and O–H groups in total. The molecule has 5 heteroatoms. The van der Waals surface area contributed by atoms with Crippen LogP contribution in [0.3, 0.4) is 0 Å². The van der Waals surface area contributed by atoms with Gasteiger partial charge in [-0.2, -0.15) is 13.2 Å². The fourth-order valence-corrected chi connectivity index (χ4v) is 3.73. The molecule has 15 heavy (non-hydrogen) atoms. The van der Waals surface area contributed by atoms with Crippen molar-refractivity contribution in [2.75, 3.05) is 4.05 Å². The van der Waals surface area contributed by atoms with Crippen molar-refractivity contribution >= 4 is 35.9 Å². The van der Waals surface area contributed by atoms with E-state index in [1.54, 1.807) is 12.1 Å². The van der Waals surface area contributed by atoms with Crippen LogP contribution in [-0.2, 0) is 6.18 Å². The van der Waals surface area contributed by atoms with Gasteiger partial charge in [-0.1, -0.05) is 65.1 Å². The molecule has 0 aliphatic rings. The van der Waals surface area contributed by atoms with Crippen LogP contribution in [0.25, 0.3) is 0 Å². The maximum atomic E-state index is 12.3. The summed E-state index contributed by atoms with van der Waals surface area (Å²) in [5, 5.41) is 1.07. The van der Waals surface area contributed by atoms with Gasteiger partial charge in [0.2, 0.25) is 0 Å². The molecule has 0 nitrogen and oxygen atoms in total. The van der Waals surface area contributed by atoms with Gasteiger partial charge < -0.3 is 0 Å². The molecule has 84 valence electrons. The van der Waals surface area contributed by atoms with Gasteiger partial charge in [-0.05, 0) is 4.05 Å². The lowest BCUT2D eigenvalue weighted by molar-refractivity contribution is -0.137. The van der Waals surface area contributed by atoms with Gasteiger partial charge in [0.15, 0.2) is 0 Å². The molecular formula is C10H12F3ISi. The van der Waals surface area contributed by atoms with Crippen LogP contribution in [-0.4, -0.2) is 12.1 Å². The summed E-state index contributed by atoms with van der Waals surface area (Å²) < 4.78 is 37.9. The summed E-state index contributed by atoms with van der Waals surface area (Å²) in [7, 11) is -1.52. The van der Waals surface area contributed by atoms with Crippen molar-refractivity contribution in [2.24, 2.45) is 0 Å². The molecule has 0 atom stereocenters. The number of benzene rings is 1. The van der Waals surface area contributed by atoms with E-state index in [1.165, 1.54) is 12.1 Å². The minimum Gasteiger partial charge on any atom is -0.166 e. The predicted octanol–water partition coefficient (Wildman–Crippen LogP) is 3.60. The quantitative estimate of drug-likeness (QED) is 0.437. The van der Waals surface area contributed by atoms with E-state index in [-0.39, 0.29) is 0 Å². The average molecular weight is 344 g/mol. The van der Waals surface area contributed by atoms with E-state index in [0.29, 0.717) is 0 Å². The molecule has 0 aliphatic heterocycles. The van der Waals surface area contributed by atoms with Crippen molar-refractivity contribution in [1.29, 1.82) is 0 Å². The molecule has 0 saturated heterocycles. The van der Waals surface area contributed by atoms with Crippen LogP contribution in [0.1, 0.15) is 5.56 Å². The van der Waals surface area contributed by atoms with Crippen LogP contribution in [0.5, 0.6) is 0 Å². The summed E-state index contributed by atoms with van der Waals surface area (Å²) in [5.74, 6) is 0. The fraction of sp³-hybridized carbons (Fsp3) is 0.400. The molecule has 0 saturated carbocycles. The molecule has 1 aromatic rings. The summed E-state index contributed by atoms with van der Waals surface area (Å²) in [6, 6.07) is 5.59. The summed E-state index contributed by atoms with van der Waals surface area (Å²) >= 11 is 2.30. The Morgan fingerprint density at radius 1 is 1.13 bits per heavy atom. The minimum atomic E-state index is -4.23. The van der Waals surface area contributed by atoms with Gasteiger partial charge in [0.25, 0.3) is 0 Å². The zero-order valence-corrected chi connectivity index (χ0v) is 11.7. The highest BCUT2D eigenvalue weighted by atomic mass is 127. The van der Waals surface area contributed by atoms with Crippen LogP contribution in [0.15, 0.2) is 24.3 Å². The summed E-state index contributed by atoms with van der Waals surface area (Å²) in [4.78, 5) is 0. The van der Waals surface area contributed by atoms with E-state index < -0.39 is 19.8 Å². The second-order valence-corrected chi connectivity index (χ2v) is 11.0. The largest absolute Gasteiger partial charge is 0.416 e. The van der Waals surface area contributed by atoms with Crippen molar-refractivity contribution in [1.82, 2.24) is 0 Å². The number of hydrogen-bond acceptors (Lipinski definition) is 0. The lowest BCUT2D eigenvalue weighted by atomic mass is 10.2. The van der Waals surface area contributed by atoms with Gasteiger partial charge in [-0.3, -0.25) is 0 Å². The Kier molecular flexibility index (Phi) is 3.86. The lowest BCUT2D eigenvalue weighted by Gasteiger charge is -2.20. The minimum absolute atomic E-state index is 0.565. The van der Waals surface area contributed by atoms with Crippen molar-refractivity contribution < 1.29 is 13.2 Å². The Morgan fingerprint density at radius 3 is 1.93 bits per heavy atom. The molecule has 0 amide bonds. The van der Waals surface area contributed by atoms with E-state index >= 15 is 0 Å². The normalized spacial score (nSPS) is 12.9. The van der Waals surface area contributed by atoms with E-state index in [2.05, 4.69) is 35.7 Å². The molecule has 1 aromatic carbocycles. The third-order valence-electron chi connectivity index (χ3n) is 2.33. The first-order valence-corrected chi connectivity index (χ1v) is 9.24. The molecule has 1 rings (SSSR count). The Hall–Kier alpha value is -0.0431. The van der Waals surface area contributed by atoms with Crippen molar-refractivity contribution in [2.45, 2.75) is 19.3 Å². The lowest BCUT2D eigenvalue weighted by Crippen LogP contribution is -2.43. The summed E-state index contributed by atoms with van der Waals surface area (Å²) in [6.07, 6.45) is -4.23. The molecule has 0 heterocycles. The van der Waals surface area contributed by atoms with E-state index in [1.807, 2.05) is 0 Å². The van der Waals surface area contributed by atoms with Gasteiger partial charge in [0, 0.05) is 0 Å². The molecule has 0 bridgehead atoms. The molecular weight excluding hydrogens is 332 g/mol. The zero-order valence-electron chi connectivity index (χ0n) is 8.53. The maximum Gasteiger partial charge on any atom is 0.416 e. The monoisotopic (exact) mass is 344 g/mol. The number of rotatable bonds is 2. The third-order valence-corrected chi connectivity index (χ3v) is 10.6. The maximum absolute atomic E-state index is 12.3. The van der Waals surface area contributed by atoms with Crippen LogP contribution in [0.2, 0.25) is 13.1 Å². The van der Waals surface area contributed by atoms with Crippen molar-refractivity contribution in [3.63, 3.8) is 0 Å². The highest BCUT2D eigenvalue weighted by Crippen LogP contribution is 2.28. The Morgan fingerprint density at radius 2 is 1.60 bits per heavy atom. The summed E-state index contributed by atoms with van der Waals surface area (Å²) in [5.41, 5.74) is -0.565. The first kappa shape index (κ1) is 13.0. The van der Waals surface area contributed by atoms with E-state index in [9.17, 15) is 13.2 Å². The molecule has 0 radical (unpaired) electrons. The molecule has 0 aliphatic carbocycles. The average Bonchev–Trinajstić information content (AvgIpc) is 2.17. The van der Waals surface area contributed by atoms with E-state index in [0.717, 1.165) is 9.24 Å². The number of halogens is 4. The summed E-state index contributed by atoms with van der Waals surface area (Å²) in [6.45, 7) is 4.31. The Labute approximate surface area is 102 Å². The highest BCUT2D eigenvalue weighted by molar-refractivity contribution is 14.1.